The minimum atomic E-state index is -0.864. The largest absolute Gasteiger partial charge is 0.508 e. The molecule has 1 aromatic carbocycles. The van der Waals surface area contributed by atoms with Crippen molar-refractivity contribution in [2.45, 2.75) is 19.1 Å². The molecule has 0 amide bonds. The quantitative estimate of drug-likeness (QED) is 0.776. The van der Waals surface area contributed by atoms with E-state index in [1.54, 1.807) is 30.4 Å². The smallest absolute Gasteiger partial charge is 0.115 e. The van der Waals surface area contributed by atoms with Crippen LogP contribution in [0.2, 0.25) is 0 Å². The number of aromatic hydroxyl groups is 1. The van der Waals surface area contributed by atoms with Crippen LogP contribution in [-0.2, 0) is 12.1 Å². The van der Waals surface area contributed by atoms with Gasteiger partial charge in [-0.1, -0.05) is 12.1 Å². The molecular formula is C14H17NO2S. The molecule has 0 spiro atoms. The van der Waals surface area contributed by atoms with Crippen LogP contribution in [0.4, 0.5) is 0 Å². The van der Waals surface area contributed by atoms with Gasteiger partial charge in [-0.3, -0.25) is 0 Å². The van der Waals surface area contributed by atoms with E-state index in [-0.39, 0.29) is 5.75 Å². The number of nitrogens with one attached hydrogen (secondary N) is 1. The second kappa shape index (κ2) is 5.52. The summed E-state index contributed by atoms with van der Waals surface area (Å²) in [5, 5.41) is 26.8. The number of hydrogen-bond donors (Lipinski definition) is 3. The van der Waals surface area contributed by atoms with Crippen molar-refractivity contribution in [3.05, 3.63) is 52.2 Å². The average molecular weight is 263 g/mol. The van der Waals surface area contributed by atoms with Gasteiger partial charge >= 0.3 is 0 Å². The van der Waals surface area contributed by atoms with Crippen molar-refractivity contribution in [3.8, 4) is 5.75 Å². The van der Waals surface area contributed by atoms with Crippen LogP contribution in [0, 0.1) is 0 Å². The van der Waals surface area contributed by atoms with Crippen LogP contribution in [0.1, 0.15) is 18.1 Å². The van der Waals surface area contributed by atoms with Gasteiger partial charge in [0.2, 0.25) is 0 Å². The van der Waals surface area contributed by atoms with E-state index in [0.29, 0.717) is 13.1 Å². The zero-order chi connectivity index (χ0) is 13.0. The lowest BCUT2D eigenvalue weighted by Gasteiger charge is -2.23. The summed E-state index contributed by atoms with van der Waals surface area (Å²) in [6, 6.07) is 9.04. The molecular weight excluding hydrogens is 246 g/mol. The van der Waals surface area contributed by atoms with E-state index in [2.05, 4.69) is 5.32 Å². The molecule has 2 rings (SSSR count). The van der Waals surface area contributed by atoms with Gasteiger partial charge in [0, 0.05) is 13.1 Å². The van der Waals surface area contributed by atoms with Gasteiger partial charge in [-0.15, -0.1) is 0 Å². The molecule has 1 atom stereocenters. The molecule has 3 nitrogen and oxygen atoms in total. The van der Waals surface area contributed by atoms with E-state index in [9.17, 15) is 10.2 Å². The van der Waals surface area contributed by atoms with Crippen LogP contribution in [-0.4, -0.2) is 16.8 Å². The van der Waals surface area contributed by atoms with E-state index >= 15 is 0 Å². The molecule has 3 N–H and O–H groups in total. The summed E-state index contributed by atoms with van der Waals surface area (Å²) in [7, 11) is 0. The fourth-order valence-electron chi connectivity index (χ4n) is 1.79. The summed E-state index contributed by atoms with van der Waals surface area (Å²) < 4.78 is 0. The van der Waals surface area contributed by atoms with Crippen molar-refractivity contribution in [3.63, 3.8) is 0 Å². The maximum Gasteiger partial charge on any atom is 0.115 e. The third-order valence-electron chi connectivity index (χ3n) is 2.85. The van der Waals surface area contributed by atoms with Crippen molar-refractivity contribution >= 4 is 11.3 Å². The molecule has 1 aromatic heterocycles. The molecule has 18 heavy (non-hydrogen) atoms. The second-order valence-electron chi connectivity index (χ2n) is 4.56. The lowest BCUT2D eigenvalue weighted by molar-refractivity contribution is 0.0571. The van der Waals surface area contributed by atoms with Gasteiger partial charge < -0.3 is 15.5 Å². The number of benzene rings is 1. The van der Waals surface area contributed by atoms with Gasteiger partial charge in [0.05, 0.1) is 5.60 Å². The SMILES string of the molecule is CC(O)(CNCc1cccc(O)c1)c1ccsc1. The summed E-state index contributed by atoms with van der Waals surface area (Å²) >= 11 is 1.58. The van der Waals surface area contributed by atoms with Gasteiger partial charge in [0.25, 0.3) is 0 Å². The monoisotopic (exact) mass is 263 g/mol. The Hall–Kier alpha value is -1.36. The Kier molecular flexibility index (Phi) is 4.01. The fraction of sp³-hybridized carbons (Fsp3) is 0.286. The highest BCUT2D eigenvalue weighted by molar-refractivity contribution is 7.08. The van der Waals surface area contributed by atoms with E-state index in [4.69, 9.17) is 0 Å². The molecule has 0 aliphatic carbocycles. The summed E-state index contributed by atoms with van der Waals surface area (Å²) in [5.41, 5.74) is 1.06. The molecule has 0 saturated carbocycles. The predicted octanol–water partition coefficient (Wildman–Crippen LogP) is 2.45. The molecule has 2 aromatic rings. The molecule has 0 radical (unpaired) electrons. The van der Waals surface area contributed by atoms with Gasteiger partial charge in [-0.2, -0.15) is 11.3 Å². The highest BCUT2D eigenvalue weighted by Gasteiger charge is 2.22. The molecule has 96 valence electrons. The van der Waals surface area contributed by atoms with Gasteiger partial charge in [-0.05, 0) is 47.0 Å². The first-order valence-electron chi connectivity index (χ1n) is 5.81. The maximum atomic E-state index is 10.3. The summed E-state index contributed by atoms with van der Waals surface area (Å²) in [6.07, 6.45) is 0. The Morgan fingerprint density at radius 2 is 2.17 bits per heavy atom. The number of phenols is 1. The van der Waals surface area contributed by atoms with Crippen molar-refractivity contribution in [1.29, 1.82) is 0 Å². The Labute approximate surface area is 111 Å². The number of phenolic OH excluding ortho intramolecular Hbond substituents is 1. The van der Waals surface area contributed by atoms with Gasteiger partial charge in [-0.25, -0.2) is 0 Å². The first-order valence-corrected chi connectivity index (χ1v) is 6.76. The molecule has 0 saturated heterocycles. The molecule has 0 fully saturated rings. The van der Waals surface area contributed by atoms with Crippen molar-refractivity contribution in [2.24, 2.45) is 0 Å². The number of rotatable bonds is 5. The molecule has 0 aliphatic heterocycles. The highest BCUT2D eigenvalue weighted by atomic mass is 32.1. The zero-order valence-electron chi connectivity index (χ0n) is 10.3. The van der Waals surface area contributed by atoms with Gasteiger partial charge in [0.1, 0.15) is 5.75 Å². The summed E-state index contributed by atoms with van der Waals surface area (Å²) in [6.45, 7) is 2.89. The third kappa shape index (κ3) is 3.32. The highest BCUT2D eigenvalue weighted by Crippen LogP contribution is 2.22. The molecule has 1 heterocycles. The van der Waals surface area contributed by atoms with E-state index in [1.165, 1.54) is 0 Å². The van der Waals surface area contributed by atoms with Crippen LogP contribution in [0.3, 0.4) is 0 Å². The molecule has 4 heteroatoms. The fourth-order valence-corrected chi connectivity index (χ4v) is 2.57. The number of thiophene rings is 1. The third-order valence-corrected chi connectivity index (χ3v) is 3.54. The topological polar surface area (TPSA) is 52.5 Å². The van der Waals surface area contributed by atoms with E-state index in [1.807, 2.05) is 29.0 Å². The van der Waals surface area contributed by atoms with Crippen molar-refractivity contribution in [1.82, 2.24) is 5.32 Å². The number of hydrogen-bond acceptors (Lipinski definition) is 4. The minimum absolute atomic E-state index is 0.263. The lowest BCUT2D eigenvalue weighted by atomic mass is 9.99. The summed E-state index contributed by atoms with van der Waals surface area (Å²) in [5.74, 6) is 0.263. The minimum Gasteiger partial charge on any atom is -0.508 e. The van der Waals surface area contributed by atoms with E-state index in [0.717, 1.165) is 11.1 Å². The van der Waals surface area contributed by atoms with Crippen LogP contribution >= 0.6 is 11.3 Å². The Morgan fingerprint density at radius 3 is 2.83 bits per heavy atom. The lowest BCUT2D eigenvalue weighted by Crippen LogP contribution is -2.34. The standard InChI is InChI=1S/C14H17NO2S/c1-14(17,12-5-6-18-9-12)10-15-8-11-3-2-4-13(16)7-11/h2-7,9,15-17H,8,10H2,1H3. The first-order chi connectivity index (χ1) is 8.58. The molecule has 1 unspecified atom stereocenters. The Bertz CT molecular complexity index is 494. The molecule has 0 aliphatic rings. The normalized spacial score (nSPS) is 14.3. The van der Waals surface area contributed by atoms with Crippen LogP contribution < -0.4 is 5.32 Å². The average Bonchev–Trinajstić information content (AvgIpc) is 2.83. The summed E-state index contributed by atoms with van der Waals surface area (Å²) in [4.78, 5) is 0. The zero-order valence-corrected chi connectivity index (χ0v) is 11.1. The Morgan fingerprint density at radius 1 is 1.33 bits per heavy atom. The predicted molar refractivity (Wildman–Crippen MR) is 73.7 cm³/mol. The maximum absolute atomic E-state index is 10.3. The Balaban J connectivity index is 1.89. The van der Waals surface area contributed by atoms with Crippen LogP contribution in [0.5, 0.6) is 5.75 Å². The second-order valence-corrected chi connectivity index (χ2v) is 5.34. The molecule has 0 bridgehead atoms. The van der Waals surface area contributed by atoms with E-state index < -0.39 is 5.60 Å². The van der Waals surface area contributed by atoms with Crippen molar-refractivity contribution < 1.29 is 10.2 Å². The van der Waals surface area contributed by atoms with Crippen LogP contribution in [0.25, 0.3) is 0 Å². The van der Waals surface area contributed by atoms with Gasteiger partial charge in [0.15, 0.2) is 0 Å². The number of aliphatic hydroxyl groups is 1. The van der Waals surface area contributed by atoms with Crippen molar-refractivity contribution in [2.75, 3.05) is 6.54 Å². The first kappa shape index (κ1) is 13.1. The van der Waals surface area contributed by atoms with Crippen LogP contribution in [0.15, 0.2) is 41.1 Å².